The van der Waals surface area contributed by atoms with Crippen LogP contribution in [0, 0.1) is 0 Å². The quantitative estimate of drug-likeness (QED) is 0.605. The van der Waals surface area contributed by atoms with Gasteiger partial charge in [-0.15, -0.1) is 0 Å². The summed E-state index contributed by atoms with van der Waals surface area (Å²) in [6, 6.07) is 0. The van der Waals surface area contributed by atoms with Gasteiger partial charge in [0, 0.05) is 6.17 Å². The highest BCUT2D eigenvalue weighted by Gasteiger charge is 2.27. The third-order valence-corrected chi connectivity index (χ3v) is 6.07. The van der Waals surface area contributed by atoms with Gasteiger partial charge in [-0.2, -0.15) is 0 Å². The Morgan fingerprint density at radius 2 is 1.42 bits per heavy atom. The van der Waals surface area contributed by atoms with Gasteiger partial charge in [0.15, 0.2) is 0 Å². The van der Waals surface area contributed by atoms with Crippen molar-refractivity contribution in [2.45, 2.75) is 26.9 Å². The summed E-state index contributed by atoms with van der Waals surface area (Å²) in [7, 11) is 3.19. The summed E-state index contributed by atoms with van der Waals surface area (Å²) in [5.74, 6) is 0. The Kier molecular flexibility index (Phi) is 5.05. The maximum atomic E-state index is 2.63. The molecule has 0 fully saturated rings. The van der Waals surface area contributed by atoms with E-state index in [0.29, 0.717) is 0 Å². The van der Waals surface area contributed by atoms with E-state index in [1.54, 1.807) is 0 Å². The zero-order chi connectivity index (χ0) is 9.78. The normalized spacial score (nSPS) is 13.0. The summed E-state index contributed by atoms with van der Waals surface area (Å²) in [5.41, 5.74) is 0. The lowest BCUT2D eigenvalue weighted by atomic mass is 10.7. The molecule has 0 unspecified atom stereocenters. The highest BCUT2D eigenvalue weighted by atomic mass is 28.3. The molecule has 0 aliphatic heterocycles. The number of hydrogen-bond donors (Lipinski definition) is 0. The molecule has 0 saturated heterocycles. The summed E-state index contributed by atoms with van der Waals surface area (Å²) in [5, 5.41) is 0. The van der Waals surface area contributed by atoms with Crippen LogP contribution in [0.4, 0.5) is 0 Å². The molecule has 0 aliphatic rings. The van der Waals surface area contributed by atoms with Gasteiger partial charge in [0.05, 0.1) is 0 Å². The van der Waals surface area contributed by atoms with Gasteiger partial charge < -0.3 is 9.47 Å². The molecule has 0 aromatic carbocycles. The van der Waals surface area contributed by atoms with Crippen molar-refractivity contribution in [1.29, 1.82) is 0 Å². The van der Waals surface area contributed by atoms with E-state index in [-0.39, 0.29) is 0 Å². The van der Waals surface area contributed by atoms with Gasteiger partial charge in [-0.05, 0) is 27.2 Å². The lowest BCUT2D eigenvalue weighted by Crippen LogP contribution is -2.55. The molecule has 0 aromatic heterocycles. The van der Waals surface area contributed by atoms with E-state index < -0.39 is 8.24 Å². The fraction of sp³-hybridized carbons (Fsp3) is 1.00. The van der Waals surface area contributed by atoms with Gasteiger partial charge in [-0.3, -0.25) is 0 Å². The molecule has 0 amide bonds. The van der Waals surface area contributed by atoms with E-state index in [1.165, 1.54) is 19.3 Å². The van der Waals surface area contributed by atoms with E-state index >= 15 is 0 Å². The third kappa shape index (κ3) is 3.69. The summed E-state index contributed by atoms with van der Waals surface area (Å²) >= 11 is 0. The first-order chi connectivity index (χ1) is 5.44. The molecule has 0 spiro atoms. The first-order valence-electron chi connectivity index (χ1n) is 4.83. The molecule has 0 saturated carbocycles. The van der Waals surface area contributed by atoms with Crippen molar-refractivity contribution in [2.24, 2.45) is 0 Å². The molecule has 0 rings (SSSR count). The van der Waals surface area contributed by atoms with Crippen LogP contribution in [0.5, 0.6) is 0 Å². The predicted octanol–water partition coefficient (Wildman–Crippen LogP) is 1.63. The summed E-state index contributed by atoms with van der Waals surface area (Å²) in [6.45, 7) is 11.8. The monoisotopic (exact) mass is 188 g/mol. The van der Waals surface area contributed by atoms with Crippen LogP contribution in [0.3, 0.4) is 0 Å². The standard InChI is InChI=1S/C9H24N2Si/c1-7-11(8-2)12(5,6)9-10(3)4/h7-9H2,1-6H3. The molecule has 2 nitrogen and oxygen atoms in total. The third-order valence-electron chi connectivity index (χ3n) is 2.32. The van der Waals surface area contributed by atoms with Crippen molar-refractivity contribution in [2.75, 3.05) is 33.4 Å². The summed E-state index contributed by atoms with van der Waals surface area (Å²) in [4.78, 5) is 2.31. The Morgan fingerprint density at radius 1 is 1.00 bits per heavy atom. The number of nitrogens with zero attached hydrogens (tertiary/aromatic N) is 2. The smallest absolute Gasteiger partial charge is 0.136 e. The second kappa shape index (κ2) is 4.99. The topological polar surface area (TPSA) is 6.48 Å². The molecule has 0 N–H and O–H groups in total. The average molecular weight is 188 g/mol. The largest absolute Gasteiger partial charge is 0.323 e. The Labute approximate surface area is 78.6 Å². The van der Waals surface area contributed by atoms with E-state index in [0.717, 1.165) is 0 Å². The molecule has 0 aromatic rings. The fourth-order valence-corrected chi connectivity index (χ4v) is 5.41. The fourth-order valence-electron chi connectivity index (χ4n) is 1.95. The van der Waals surface area contributed by atoms with Gasteiger partial charge in [-0.25, -0.2) is 0 Å². The molecule has 0 heterocycles. The van der Waals surface area contributed by atoms with Crippen molar-refractivity contribution in [3.63, 3.8) is 0 Å². The second-order valence-electron chi connectivity index (χ2n) is 4.22. The van der Waals surface area contributed by atoms with Crippen LogP contribution in [0.25, 0.3) is 0 Å². The Balaban J connectivity index is 4.14. The Hall–Kier alpha value is 0.137. The SMILES string of the molecule is CCN(CC)[Si](C)(C)CN(C)C. The molecule has 0 bridgehead atoms. The van der Waals surface area contributed by atoms with Gasteiger partial charge in [-0.1, -0.05) is 26.9 Å². The molecule has 3 heteroatoms. The molecule has 0 aliphatic carbocycles. The molecular formula is C9H24N2Si. The van der Waals surface area contributed by atoms with Crippen molar-refractivity contribution in [3.8, 4) is 0 Å². The lowest BCUT2D eigenvalue weighted by molar-refractivity contribution is 0.412. The summed E-state index contributed by atoms with van der Waals surface area (Å²) < 4.78 is 2.63. The van der Waals surface area contributed by atoms with Crippen LogP contribution in [-0.4, -0.2) is 51.1 Å². The van der Waals surface area contributed by atoms with Crippen LogP contribution >= 0.6 is 0 Å². The van der Waals surface area contributed by atoms with Crippen LogP contribution in [0.15, 0.2) is 0 Å². The highest BCUT2D eigenvalue weighted by Crippen LogP contribution is 2.09. The molecular weight excluding hydrogens is 164 g/mol. The van der Waals surface area contributed by atoms with Crippen LogP contribution in [-0.2, 0) is 0 Å². The minimum Gasteiger partial charge on any atom is -0.323 e. The summed E-state index contributed by atoms with van der Waals surface area (Å²) in [6.07, 6.45) is 1.26. The first kappa shape index (κ1) is 12.1. The number of rotatable bonds is 5. The maximum absolute atomic E-state index is 2.63. The lowest BCUT2D eigenvalue weighted by Gasteiger charge is -2.37. The van der Waals surface area contributed by atoms with E-state index in [9.17, 15) is 0 Å². The molecule has 12 heavy (non-hydrogen) atoms. The number of hydrogen-bond acceptors (Lipinski definition) is 2. The van der Waals surface area contributed by atoms with Crippen molar-refractivity contribution < 1.29 is 0 Å². The average Bonchev–Trinajstić information content (AvgIpc) is 1.85. The van der Waals surface area contributed by atoms with Crippen LogP contribution in [0.2, 0.25) is 13.1 Å². The van der Waals surface area contributed by atoms with E-state index in [4.69, 9.17) is 0 Å². The van der Waals surface area contributed by atoms with Crippen molar-refractivity contribution in [3.05, 3.63) is 0 Å². The molecule has 74 valence electrons. The molecule has 0 radical (unpaired) electrons. The van der Waals surface area contributed by atoms with Gasteiger partial charge >= 0.3 is 0 Å². The zero-order valence-electron chi connectivity index (χ0n) is 9.52. The first-order valence-corrected chi connectivity index (χ1v) is 7.99. The van der Waals surface area contributed by atoms with Gasteiger partial charge in [0.2, 0.25) is 0 Å². The minimum absolute atomic E-state index is 1.14. The van der Waals surface area contributed by atoms with Gasteiger partial charge in [0.25, 0.3) is 0 Å². The maximum Gasteiger partial charge on any atom is 0.136 e. The second-order valence-corrected chi connectivity index (χ2v) is 8.80. The zero-order valence-corrected chi connectivity index (χ0v) is 10.5. The Morgan fingerprint density at radius 3 is 1.67 bits per heavy atom. The van der Waals surface area contributed by atoms with Crippen molar-refractivity contribution >= 4 is 8.24 Å². The van der Waals surface area contributed by atoms with Crippen LogP contribution < -0.4 is 0 Å². The highest BCUT2D eigenvalue weighted by molar-refractivity contribution is 6.74. The minimum atomic E-state index is -1.14. The van der Waals surface area contributed by atoms with Gasteiger partial charge in [0.1, 0.15) is 8.24 Å². The van der Waals surface area contributed by atoms with E-state index in [1.807, 2.05) is 0 Å². The van der Waals surface area contributed by atoms with Crippen molar-refractivity contribution in [1.82, 2.24) is 9.47 Å². The molecule has 0 atom stereocenters. The Bertz CT molecular complexity index is 120. The van der Waals surface area contributed by atoms with Crippen LogP contribution in [0.1, 0.15) is 13.8 Å². The predicted molar refractivity (Wildman–Crippen MR) is 59.0 cm³/mol. The van der Waals surface area contributed by atoms with E-state index in [2.05, 4.69) is 50.5 Å².